The average molecular weight is 282 g/mol. The van der Waals surface area contributed by atoms with E-state index in [0.29, 0.717) is 22.2 Å². The topological polar surface area (TPSA) is 46.2 Å². The lowest BCUT2D eigenvalue weighted by atomic mass is 10.0. The third kappa shape index (κ3) is 3.16. The molecule has 0 saturated heterocycles. The zero-order valence-corrected chi connectivity index (χ0v) is 11.1. The summed E-state index contributed by atoms with van der Waals surface area (Å²) in [5.41, 5.74) is 8.05. The van der Waals surface area contributed by atoms with Gasteiger partial charge in [-0.25, -0.2) is 0 Å². The van der Waals surface area contributed by atoms with Crippen LogP contribution in [0.1, 0.15) is 17.2 Å². The molecule has 0 aromatic heterocycles. The van der Waals surface area contributed by atoms with Gasteiger partial charge in [-0.05, 0) is 35.4 Å². The quantitative estimate of drug-likeness (QED) is 0.840. The van der Waals surface area contributed by atoms with Crippen molar-refractivity contribution in [2.24, 2.45) is 0 Å². The summed E-state index contributed by atoms with van der Waals surface area (Å²) >= 11 is 11.8. The Kier molecular flexibility index (Phi) is 4.12. The van der Waals surface area contributed by atoms with E-state index in [4.69, 9.17) is 28.9 Å². The van der Waals surface area contributed by atoms with Crippen LogP contribution in [0, 0.1) is 0 Å². The monoisotopic (exact) mass is 281 g/mol. The molecular weight excluding hydrogens is 269 g/mol. The van der Waals surface area contributed by atoms with E-state index >= 15 is 0 Å². The predicted octanol–water partition coefficient (Wildman–Crippen LogP) is 3.85. The van der Waals surface area contributed by atoms with E-state index in [9.17, 15) is 5.11 Å². The lowest BCUT2D eigenvalue weighted by Crippen LogP contribution is -2.02. The molecule has 0 spiro atoms. The van der Waals surface area contributed by atoms with Gasteiger partial charge in [-0.15, -0.1) is 0 Å². The molecule has 1 atom stereocenters. The zero-order chi connectivity index (χ0) is 13.1. The molecule has 0 aliphatic carbocycles. The summed E-state index contributed by atoms with van der Waals surface area (Å²) in [5, 5.41) is 11.1. The second-order valence-electron chi connectivity index (χ2n) is 4.14. The van der Waals surface area contributed by atoms with Crippen molar-refractivity contribution in [1.29, 1.82) is 0 Å². The van der Waals surface area contributed by atoms with Crippen molar-refractivity contribution in [1.82, 2.24) is 0 Å². The molecular formula is C14H13Cl2NO. The molecule has 0 heterocycles. The molecule has 2 rings (SSSR count). The highest BCUT2D eigenvalue weighted by Crippen LogP contribution is 2.26. The smallest absolute Gasteiger partial charge is 0.0831 e. The van der Waals surface area contributed by atoms with Gasteiger partial charge in [-0.2, -0.15) is 0 Å². The largest absolute Gasteiger partial charge is 0.399 e. The Hall–Kier alpha value is -1.22. The van der Waals surface area contributed by atoms with Gasteiger partial charge in [0.2, 0.25) is 0 Å². The SMILES string of the molecule is Nc1cccc(C(O)Cc2ccc(Cl)c(Cl)c2)c1. The maximum atomic E-state index is 10.1. The van der Waals surface area contributed by atoms with Gasteiger partial charge in [0.1, 0.15) is 0 Å². The van der Waals surface area contributed by atoms with Crippen molar-refractivity contribution in [3.05, 3.63) is 63.6 Å². The highest BCUT2D eigenvalue weighted by Gasteiger charge is 2.10. The Bertz CT molecular complexity index is 557. The lowest BCUT2D eigenvalue weighted by molar-refractivity contribution is 0.178. The van der Waals surface area contributed by atoms with Gasteiger partial charge in [-0.1, -0.05) is 41.4 Å². The van der Waals surface area contributed by atoms with Crippen LogP contribution in [0.3, 0.4) is 0 Å². The highest BCUT2D eigenvalue weighted by atomic mass is 35.5. The van der Waals surface area contributed by atoms with Gasteiger partial charge >= 0.3 is 0 Å². The molecule has 4 heteroatoms. The number of hydrogen-bond acceptors (Lipinski definition) is 2. The standard InChI is InChI=1S/C14H13Cl2NO/c15-12-5-4-9(6-13(12)16)7-14(18)10-2-1-3-11(17)8-10/h1-6,8,14,18H,7,17H2. The zero-order valence-electron chi connectivity index (χ0n) is 9.61. The second kappa shape index (κ2) is 5.61. The molecule has 2 aromatic rings. The van der Waals surface area contributed by atoms with Crippen LogP contribution in [0.5, 0.6) is 0 Å². The van der Waals surface area contributed by atoms with Crippen LogP contribution in [0.15, 0.2) is 42.5 Å². The molecule has 1 unspecified atom stereocenters. The first kappa shape index (κ1) is 13.2. The molecule has 0 saturated carbocycles. The molecule has 2 aromatic carbocycles. The van der Waals surface area contributed by atoms with Gasteiger partial charge in [-0.3, -0.25) is 0 Å². The van der Waals surface area contributed by atoms with Crippen LogP contribution < -0.4 is 5.73 Å². The molecule has 0 radical (unpaired) electrons. The molecule has 0 bridgehead atoms. The minimum atomic E-state index is -0.606. The first-order chi connectivity index (χ1) is 8.56. The van der Waals surface area contributed by atoms with Gasteiger partial charge < -0.3 is 10.8 Å². The van der Waals surface area contributed by atoms with Crippen molar-refractivity contribution in [3.8, 4) is 0 Å². The Labute approximate surface area is 116 Å². The highest BCUT2D eigenvalue weighted by molar-refractivity contribution is 6.42. The van der Waals surface area contributed by atoms with Crippen LogP contribution >= 0.6 is 23.2 Å². The first-order valence-electron chi connectivity index (χ1n) is 5.53. The maximum Gasteiger partial charge on any atom is 0.0831 e. The number of nitrogens with two attached hydrogens (primary N) is 1. The van der Waals surface area contributed by atoms with E-state index in [1.165, 1.54) is 0 Å². The number of aliphatic hydroxyl groups is 1. The summed E-state index contributed by atoms with van der Waals surface area (Å²) in [6, 6.07) is 12.6. The fraction of sp³-hybridized carbons (Fsp3) is 0.143. The number of aliphatic hydroxyl groups excluding tert-OH is 1. The van der Waals surface area contributed by atoms with E-state index in [0.717, 1.165) is 11.1 Å². The van der Waals surface area contributed by atoms with Gasteiger partial charge in [0.25, 0.3) is 0 Å². The Morgan fingerprint density at radius 3 is 2.50 bits per heavy atom. The number of anilines is 1. The van der Waals surface area contributed by atoms with Crippen LogP contribution in [-0.4, -0.2) is 5.11 Å². The van der Waals surface area contributed by atoms with Crippen molar-refractivity contribution >= 4 is 28.9 Å². The molecule has 2 nitrogen and oxygen atoms in total. The molecule has 0 amide bonds. The lowest BCUT2D eigenvalue weighted by Gasteiger charge is -2.12. The van der Waals surface area contributed by atoms with Gasteiger partial charge in [0, 0.05) is 12.1 Å². The number of nitrogen functional groups attached to an aromatic ring is 1. The van der Waals surface area contributed by atoms with E-state index < -0.39 is 6.10 Å². The van der Waals surface area contributed by atoms with Crippen LogP contribution in [0.4, 0.5) is 5.69 Å². The normalized spacial score (nSPS) is 12.4. The first-order valence-corrected chi connectivity index (χ1v) is 6.29. The predicted molar refractivity (Wildman–Crippen MR) is 76.0 cm³/mol. The van der Waals surface area contributed by atoms with Gasteiger partial charge in [0.05, 0.1) is 16.1 Å². The van der Waals surface area contributed by atoms with Crippen LogP contribution in [0.25, 0.3) is 0 Å². The van der Waals surface area contributed by atoms with E-state index in [-0.39, 0.29) is 0 Å². The van der Waals surface area contributed by atoms with Crippen molar-refractivity contribution in [2.75, 3.05) is 5.73 Å². The molecule has 0 aliphatic rings. The van der Waals surface area contributed by atoms with Gasteiger partial charge in [0.15, 0.2) is 0 Å². The fourth-order valence-electron chi connectivity index (χ4n) is 1.77. The number of halogens is 2. The fourth-order valence-corrected chi connectivity index (χ4v) is 2.09. The molecule has 3 N–H and O–H groups in total. The van der Waals surface area contributed by atoms with Crippen molar-refractivity contribution in [2.45, 2.75) is 12.5 Å². The summed E-state index contributed by atoms with van der Waals surface area (Å²) < 4.78 is 0. The number of hydrogen-bond donors (Lipinski definition) is 2. The summed E-state index contributed by atoms with van der Waals surface area (Å²) in [7, 11) is 0. The Balaban J connectivity index is 2.16. The summed E-state index contributed by atoms with van der Waals surface area (Å²) in [5.74, 6) is 0. The minimum Gasteiger partial charge on any atom is -0.399 e. The van der Waals surface area contributed by atoms with Crippen LogP contribution in [0.2, 0.25) is 10.0 Å². The third-order valence-electron chi connectivity index (χ3n) is 2.71. The van der Waals surface area contributed by atoms with E-state index in [1.807, 2.05) is 18.2 Å². The summed E-state index contributed by atoms with van der Waals surface area (Å²) in [6.07, 6.45) is -0.133. The van der Waals surface area contributed by atoms with E-state index in [1.54, 1.807) is 24.3 Å². The minimum absolute atomic E-state index is 0.473. The molecule has 0 fully saturated rings. The molecule has 0 aliphatic heterocycles. The summed E-state index contributed by atoms with van der Waals surface area (Å²) in [4.78, 5) is 0. The molecule has 94 valence electrons. The Morgan fingerprint density at radius 1 is 1.06 bits per heavy atom. The van der Waals surface area contributed by atoms with E-state index in [2.05, 4.69) is 0 Å². The second-order valence-corrected chi connectivity index (χ2v) is 4.95. The van der Waals surface area contributed by atoms with Crippen LogP contribution in [-0.2, 0) is 6.42 Å². The maximum absolute atomic E-state index is 10.1. The average Bonchev–Trinajstić information content (AvgIpc) is 2.34. The third-order valence-corrected chi connectivity index (χ3v) is 3.45. The van der Waals surface area contributed by atoms with Crippen molar-refractivity contribution < 1.29 is 5.11 Å². The van der Waals surface area contributed by atoms with Crippen molar-refractivity contribution in [3.63, 3.8) is 0 Å². The Morgan fingerprint density at radius 2 is 1.83 bits per heavy atom. The number of rotatable bonds is 3. The molecule has 18 heavy (non-hydrogen) atoms. The number of benzene rings is 2. The summed E-state index contributed by atoms with van der Waals surface area (Å²) in [6.45, 7) is 0.